The highest BCUT2D eigenvalue weighted by Gasteiger charge is 2.33. The maximum absolute atomic E-state index is 13.9. The minimum atomic E-state index is -0.746. The van der Waals surface area contributed by atoms with Gasteiger partial charge in [0.15, 0.2) is 16.3 Å². The summed E-state index contributed by atoms with van der Waals surface area (Å²) in [5.74, 6) is -0.0371. The molecule has 43 heavy (non-hydrogen) atoms. The molecule has 0 amide bonds. The number of rotatable bonds is 8. The second-order valence-corrected chi connectivity index (χ2v) is 10.8. The Morgan fingerprint density at radius 3 is 2.42 bits per heavy atom. The fourth-order valence-corrected chi connectivity index (χ4v) is 5.94. The lowest BCUT2D eigenvalue weighted by molar-refractivity contribution is -0.139. The number of ether oxygens (including phenoxy) is 4. The van der Waals surface area contributed by atoms with Crippen LogP contribution in [0.15, 0.2) is 87.8 Å². The van der Waals surface area contributed by atoms with Crippen molar-refractivity contribution in [2.75, 3.05) is 20.8 Å². The number of methoxy groups -OCH3 is 2. The Morgan fingerprint density at radius 2 is 1.74 bits per heavy atom. The Bertz CT molecular complexity index is 1930. The summed E-state index contributed by atoms with van der Waals surface area (Å²) in [4.78, 5) is 44.7. The molecule has 1 atom stereocenters. The van der Waals surface area contributed by atoms with E-state index in [1.807, 2.05) is 12.1 Å². The number of esters is 2. The highest BCUT2D eigenvalue weighted by Crippen LogP contribution is 2.32. The van der Waals surface area contributed by atoms with Gasteiger partial charge in [-0.15, -0.1) is 0 Å². The van der Waals surface area contributed by atoms with Gasteiger partial charge in [-0.25, -0.2) is 14.6 Å². The van der Waals surface area contributed by atoms with Crippen molar-refractivity contribution in [2.24, 2.45) is 4.99 Å². The summed E-state index contributed by atoms with van der Waals surface area (Å²) in [7, 11) is 3.02. The van der Waals surface area contributed by atoms with E-state index < -0.39 is 18.0 Å². The van der Waals surface area contributed by atoms with Crippen LogP contribution in [0.25, 0.3) is 6.08 Å². The van der Waals surface area contributed by atoms with E-state index in [0.717, 1.165) is 0 Å². The fourth-order valence-electron chi connectivity index (χ4n) is 4.68. The van der Waals surface area contributed by atoms with Gasteiger partial charge in [-0.05, 0) is 67.4 Å². The van der Waals surface area contributed by atoms with Crippen LogP contribution in [0, 0.1) is 0 Å². The van der Waals surface area contributed by atoms with Crippen LogP contribution in [0.1, 0.15) is 41.4 Å². The lowest BCUT2D eigenvalue weighted by atomic mass is 9.96. The minimum Gasteiger partial charge on any atom is -0.497 e. The van der Waals surface area contributed by atoms with Crippen molar-refractivity contribution < 1.29 is 28.5 Å². The van der Waals surface area contributed by atoms with Gasteiger partial charge in [0, 0.05) is 0 Å². The van der Waals surface area contributed by atoms with Crippen molar-refractivity contribution in [3.63, 3.8) is 0 Å². The molecular weight excluding hydrogens is 592 g/mol. The van der Waals surface area contributed by atoms with Crippen LogP contribution in [0.4, 0.5) is 0 Å². The normalized spacial score (nSPS) is 14.5. The monoisotopic (exact) mass is 618 g/mol. The van der Waals surface area contributed by atoms with E-state index in [2.05, 4.69) is 4.99 Å². The number of carbonyl (C=O) groups is 2. The third kappa shape index (κ3) is 5.97. The Labute approximate surface area is 255 Å². The minimum absolute atomic E-state index is 0.181. The number of fused-ring (bicyclic) bond motifs is 1. The summed E-state index contributed by atoms with van der Waals surface area (Å²) in [6.45, 7) is 3.64. The van der Waals surface area contributed by atoms with Gasteiger partial charge in [0.05, 0.1) is 53.3 Å². The smallest absolute Gasteiger partial charge is 0.345 e. The van der Waals surface area contributed by atoms with E-state index in [1.165, 1.54) is 23.0 Å². The van der Waals surface area contributed by atoms with E-state index in [0.29, 0.717) is 37.7 Å². The fraction of sp³-hybridized carbons (Fsp3) is 0.188. The topological polar surface area (TPSA) is 105 Å². The molecule has 1 aromatic heterocycles. The van der Waals surface area contributed by atoms with E-state index >= 15 is 0 Å². The molecule has 0 aliphatic carbocycles. The number of nitrogens with zero attached hydrogens (tertiary/aromatic N) is 2. The van der Waals surface area contributed by atoms with Gasteiger partial charge in [-0.3, -0.25) is 9.36 Å². The molecule has 0 radical (unpaired) electrons. The SMILES string of the molecule is CCOC(=O)C1=C(C)N=c2s/c(=C\c3ccc(OC(=O)c4ccccc4Cl)c(OC)c3)c(=O)n2[C@H]1c1ccc(OC)cc1. The van der Waals surface area contributed by atoms with Gasteiger partial charge in [-0.1, -0.05) is 53.3 Å². The lowest BCUT2D eigenvalue weighted by Gasteiger charge is -2.24. The van der Waals surface area contributed by atoms with Gasteiger partial charge in [0.25, 0.3) is 5.56 Å². The molecule has 1 aliphatic heterocycles. The molecule has 0 spiro atoms. The summed E-state index contributed by atoms with van der Waals surface area (Å²) in [6.07, 6.45) is 1.69. The molecular formula is C32H27ClN2O7S. The van der Waals surface area contributed by atoms with E-state index in [9.17, 15) is 14.4 Å². The molecule has 9 nitrogen and oxygen atoms in total. The molecule has 0 saturated heterocycles. The van der Waals surface area contributed by atoms with Crippen LogP contribution in [0.5, 0.6) is 17.2 Å². The number of halogens is 1. The molecule has 0 fully saturated rings. The first-order chi connectivity index (χ1) is 20.7. The van der Waals surface area contributed by atoms with Crippen molar-refractivity contribution in [2.45, 2.75) is 19.9 Å². The van der Waals surface area contributed by atoms with Crippen molar-refractivity contribution in [3.05, 3.63) is 119 Å². The average Bonchev–Trinajstić information content (AvgIpc) is 3.31. The summed E-state index contributed by atoms with van der Waals surface area (Å²) in [5, 5.41) is 0.271. The van der Waals surface area contributed by atoms with Crippen LogP contribution in [0.2, 0.25) is 5.02 Å². The van der Waals surface area contributed by atoms with Crippen molar-refractivity contribution >= 4 is 41.0 Å². The lowest BCUT2D eigenvalue weighted by Crippen LogP contribution is -2.39. The second-order valence-electron chi connectivity index (χ2n) is 9.36. The number of hydrogen-bond donors (Lipinski definition) is 0. The van der Waals surface area contributed by atoms with Gasteiger partial charge in [0.2, 0.25) is 0 Å². The molecule has 0 saturated carbocycles. The Hall–Kier alpha value is -4.67. The highest BCUT2D eigenvalue weighted by molar-refractivity contribution is 7.07. The number of carbonyl (C=O) groups excluding carboxylic acids is 2. The first-order valence-electron chi connectivity index (χ1n) is 13.2. The molecule has 0 N–H and O–H groups in total. The molecule has 3 aromatic carbocycles. The van der Waals surface area contributed by atoms with Gasteiger partial charge in [-0.2, -0.15) is 0 Å². The first-order valence-corrected chi connectivity index (χ1v) is 14.4. The Kier molecular flexibility index (Phi) is 8.79. The standard InChI is InChI=1S/C32H27ClN2O7S/c1-5-41-31(38)27-18(2)34-32-35(28(27)20-11-13-21(39-3)14-12-20)29(36)26(43-32)17-19-10-15-24(25(16-19)40-4)42-30(37)22-8-6-7-9-23(22)33/h6-17,28H,5H2,1-4H3/b26-17-/t28-/m0/s1. The predicted octanol–water partition coefficient (Wildman–Crippen LogP) is 4.69. The Morgan fingerprint density at radius 1 is 1.00 bits per heavy atom. The van der Waals surface area contributed by atoms with E-state index in [4.69, 9.17) is 30.5 Å². The summed E-state index contributed by atoms with van der Waals surface area (Å²) < 4.78 is 23.6. The zero-order valence-corrected chi connectivity index (χ0v) is 25.3. The first kappa shape index (κ1) is 29.8. The summed E-state index contributed by atoms with van der Waals surface area (Å²) in [5.41, 5.74) is 1.99. The number of allylic oxidation sites excluding steroid dienone is 1. The van der Waals surface area contributed by atoms with Gasteiger partial charge >= 0.3 is 11.9 Å². The molecule has 0 bridgehead atoms. The third-order valence-electron chi connectivity index (χ3n) is 6.73. The predicted molar refractivity (Wildman–Crippen MR) is 163 cm³/mol. The number of hydrogen-bond acceptors (Lipinski definition) is 9. The maximum Gasteiger partial charge on any atom is 0.345 e. The summed E-state index contributed by atoms with van der Waals surface area (Å²) >= 11 is 7.33. The molecule has 0 unspecified atom stereocenters. The zero-order chi connectivity index (χ0) is 30.7. The second kappa shape index (κ2) is 12.7. The Balaban J connectivity index is 1.56. The number of thiazole rings is 1. The molecule has 11 heteroatoms. The van der Waals surface area contributed by atoms with Crippen LogP contribution in [-0.2, 0) is 9.53 Å². The van der Waals surface area contributed by atoms with Crippen LogP contribution in [-0.4, -0.2) is 37.3 Å². The van der Waals surface area contributed by atoms with Crippen molar-refractivity contribution in [1.29, 1.82) is 0 Å². The van der Waals surface area contributed by atoms with Gasteiger partial charge < -0.3 is 18.9 Å². The molecule has 4 aromatic rings. The zero-order valence-electron chi connectivity index (χ0n) is 23.8. The van der Waals surface area contributed by atoms with Crippen LogP contribution >= 0.6 is 22.9 Å². The molecule has 5 rings (SSSR count). The van der Waals surface area contributed by atoms with E-state index in [1.54, 1.807) is 81.6 Å². The van der Waals surface area contributed by atoms with E-state index in [-0.39, 0.29) is 34.1 Å². The number of aromatic nitrogens is 1. The number of benzene rings is 3. The van der Waals surface area contributed by atoms with Gasteiger partial charge in [0.1, 0.15) is 5.75 Å². The van der Waals surface area contributed by atoms with Crippen LogP contribution in [0.3, 0.4) is 0 Å². The molecule has 2 heterocycles. The van der Waals surface area contributed by atoms with Crippen molar-refractivity contribution in [1.82, 2.24) is 4.57 Å². The van der Waals surface area contributed by atoms with Crippen LogP contribution < -0.4 is 29.1 Å². The average molecular weight is 619 g/mol. The largest absolute Gasteiger partial charge is 0.497 e. The third-order valence-corrected chi connectivity index (χ3v) is 8.04. The maximum atomic E-state index is 13.9. The quantitative estimate of drug-likeness (QED) is 0.208. The molecule has 220 valence electrons. The van der Waals surface area contributed by atoms with Crippen molar-refractivity contribution in [3.8, 4) is 17.2 Å². The highest BCUT2D eigenvalue weighted by atomic mass is 35.5. The molecule has 1 aliphatic rings. The summed E-state index contributed by atoms with van der Waals surface area (Å²) in [6, 6.07) is 17.9.